The van der Waals surface area contributed by atoms with Crippen LogP contribution >= 0.6 is 0 Å². The maximum absolute atomic E-state index is 13.6. The van der Waals surface area contributed by atoms with Crippen LogP contribution in [0.15, 0.2) is 67.0 Å². The van der Waals surface area contributed by atoms with Gasteiger partial charge in [-0.15, -0.1) is 0 Å². The molecule has 1 aliphatic heterocycles. The fourth-order valence-electron chi connectivity index (χ4n) is 3.89. The average Bonchev–Trinajstić information content (AvgIpc) is 2.83. The van der Waals surface area contributed by atoms with Crippen molar-refractivity contribution < 1.29 is 9.53 Å². The van der Waals surface area contributed by atoms with E-state index in [4.69, 9.17) is 4.74 Å². The van der Waals surface area contributed by atoms with E-state index in [-0.39, 0.29) is 12.0 Å². The lowest BCUT2D eigenvalue weighted by molar-refractivity contribution is -0.125. The second kappa shape index (κ2) is 10.3. The predicted molar refractivity (Wildman–Crippen MR) is 132 cm³/mol. The van der Waals surface area contributed by atoms with Gasteiger partial charge in [-0.05, 0) is 50.1 Å². The van der Waals surface area contributed by atoms with Crippen molar-refractivity contribution in [3.63, 3.8) is 0 Å². The maximum atomic E-state index is 13.6. The molecule has 2 heterocycles. The minimum atomic E-state index is 0.0437. The summed E-state index contributed by atoms with van der Waals surface area (Å²) >= 11 is 0. The first kappa shape index (κ1) is 22.5. The first-order valence-corrected chi connectivity index (χ1v) is 11.4. The van der Waals surface area contributed by atoms with Crippen LogP contribution in [0.5, 0.6) is 5.75 Å². The third-order valence-corrected chi connectivity index (χ3v) is 5.56. The predicted octanol–water partition coefficient (Wildman–Crippen LogP) is 4.46. The van der Waals surface area contributed by atoms with Crippen LogP contribution in [0.1, 0.15) is 30.7 Å². The van der Waals surface area contributed by atoms with E-state index in [2.05, 4.69) is 14.9 Å². The van der Waals surface area contributed by atoms with Crippen LogP contribution in [0.3, 0.4) is 0 Å². The lowest BCUT2D eigenvalue weighted by Crippen LogP contribution is -2.49. The number of hydrogen-bond donors (Lipinski definition) is 0. The zero-order chi connectivity index (χ0) is 23.2. The van der Waals surface area contributed by atoms with Gasteiger partial charge in [-0.1, -0.05) is 42.5 Å². The fourth-order valence-corrected chi connectivity index (χ4v) is 3.89. The Labute approximate surface area is 195 Å². The standard InChI is InChI=1S/C27H30N4O2/c1-20(2)33-24-11-9-22(10-12-24)18-25(23-7-5-4-6-8-23)27(32)31-15-13-30(14-16-31)26-17-21(3)28-19-29-26/h4-12,17-20H,13-16H2,1-3H3/b25-18+. The Morgan fingerprint density at radius 1 is 0.970 bits per heavy atom. The lowest BCUT2D eigenvalue weighted by atomic mass is 10.0. The second-order valence-corrected chi connectivity index (χ2v) is 8.46. The summed E-state index contributed by atoms with van der Waals surface area (Å²) in [5.74, 6) is 1.78. The van der Waals surface area contributed by atoms with Crippen LogP contribution < -0.4 is 9.64 Å². The fraction of sp³-hybridized carbons (Fsp3) is 0.296. The van der Waals surface area contributed by atoms with Gasteiger partial charge < -0.3 is 14.5 Å². The van der Waals surface area contributed by atoms with Gasteiger partial charge in [0.2, 0.25) is 0 Å². The van der Waals surface area contributed by atoms with Crippen molar-refractivity contribution in [2.75, 3.05) is 31.1 Å². The van der Waals surface area contributed by atoms with E-state index in [9.17, 15) is 4.79 Å². The third-order valence-electron chi connectivity index (χ3n) is 5.56. The molecular formula is C27H30N4O2. The molecular weight excluding hydrogens is 412 g/mol. The molecule has 0 spiro atoms. The maximum Gasteiger partial charge on any atom is 0.254 e. The van der Waals surface area contributed by atoms with Crippen molar-refractivity contribution in [1.82, 2.24) is 14.9 Å². The molecule has 0 unspecified atom stereocenters. The molecule has 1 aliphatic rings. The van der Waals surface area contributed by atoms with Crippen LogP contribution in [-0.2, 0) is 4.79 Å². The Bertz CT molecular complexity index is 1100. The molecule has 1 aromatic heterocycles. The van der Waals surface area contributed by atoms with Crippen molar-refractivity contribution in [2.24, 2.45) is 0 Å². The number of ether oxygens (including phenoxy) is 1. The van der Waals surface area contributed by atoms with Crippen molar-refractivity contribution in [3.8, 4) is 5.75 Å². The quantitative estimate of drug-likeness (QED) is 0.417. The highest BCUT2D eigenvalue weighted by molar-refractivity contribution is 6.24. The summed E-state index contributed by atoms with van der Waals surface area (Å²) in [6.45, 7) is 8.75. The van der Waals surface area contributed by atoms with E-state index >= 15 is 0 Å². The van der Waals surface area contributed by atoms with Gasteiger partial charge in [0, 0.05) is 43.5 Å². The second-order valence-electron chi connectivity index (χ2n) is 8.46. The number of carbonyl (C=O) groups excluding carboxylic acids is 1. The molecule has 0 bridgehead atoms. The van der Waals surface area contributed by atoms with Gasteiger partial charge in [0.15, 0.2) is 0 Å². The number of hydrogen-bond acceptors (Lipinski definition) is 5. The van der Waals surface area contributed by atoms with Gasteiger partial charge >= 0.3 is 0 Å². The minimum absolute atomic E-state index is 0.0437. The zero-order valence-corrected chi connectivity index (χ0v) is 19.4. The molecule has 1 saturated heterocycles. The van der Waals surface area contributed by atoms with E-state index in [0.29, 0.717) is 18.7 Å². The largest absolute Gasteiger partial charge is 0.491 e. The summed E-state index contributed by atoms with van der Waals surface area (Å²) in [5, 5.41) is 0. The number of rotatable bonds is 6. The van der Waals surface area contributed by atoms with Crippen molar-refractivity contribution in [2.45, 2.75) is 26.9 Å². The van der Waals surface area contributed by atoms with Crippen LogP contribution in [0.4, 0.5) is 5.82 Å². The van der Waals surface area contributed by atoms with Crippen LogP contribution in [0.25, 0.3) is 11.6 Å². The van der Waals surface area contributed by atoms with E-state index in [1.807, 2.05) is 92.4 Å². The molecule has 4 rings (SSSR count). The molecule has 2 aromatic carbocycles. The first-order chi connectivity index (χ1) is 16.0. The molecule has 0 aliphatic carbocycles. The Morgan fingerprint density at radius 2 is 1.67 bits per heavy atom. The summed E-state index contributed by atoms with van der Waals surface area (Å²) in [5.41, 5.74) is 3.52. The number of aromatic nitrogens is 2. The highest BCUT2D eigenvalue weighted by atomic mass is 16.5. The summed E-state index contributed by atoms with van der Waals surface area (Å²) in [6, 6.07) is 19.7. The average molecular weight is 443 g/mol. The summed E-state index contributed by atoms with van der Waals surface area (Å²) in [4.78, 5) is 26.3. The molecule has 170 valence electrons. The van der Waals surface area contributed by atoms with E-state index in [1.165, 1.54) is 0 Å². The first-order valence-electron chi connectivity index (χ1n) is 11.4. The highest BCUT2D eigenvalue weighted by Gasteiger charge is 2.25. The third kappa shape index (κ3) is 5.77. The van der Waals surface area contributed by atoms with Crippen molar-refractivity contribution in [1.29, 1.82) is 0 Å². The SMILES string of the molecule is Cc1cc(N2CCN(C(=O)/C(=C/c3ccc(OC(C)C)cc3)c3ccccc3)CC2)ncn1. The Balaban J connectivity index is 1.53. The van der Waals surface area contributed by atoms with Crippen LogP contribution in [0.2, 0.25) is 0 Å². The van der Waals surface area contributed by atoms with Gasteiger partial charge in [0.25, 0.3) is 5.91 Å². The molecule has 0 saturated carbocycles. The van der Waals surface area contributed by atoms with Gasteiger partial charge in [-0.2, -0.15) is 0 Å². The van der Waals surface area contributed by atoms with Gasteiger partial charge in [0.05, 0.1) is 6.10 Å². The summed E-state index contributed by atoms with van der Waals surface area (Å²) < 4.78 is 5.75. The molecule has 0 radical (unpaired) electrons. The molecule has 0 atom stereocenters. The number of carbonyl (C=O) groups is 1. The summed E-state index contributed by atoms with van der Waals surface area (Å²) in [6.07, 6.45) is 3.69. The number of piperazine rings is 1. The number of amides is 1. The number of aryl methyl sites for hydroxylation is 1. The van der Waals surface area contributed by atoms with Crippen LogP contribution in [0, 0.1) is 6.92 Å². The summed E-state index contributed by atoms with van der Waals surface area (Å²) in [7, 11) is 0. The number of nitrogens with zero attached hydrogens (tertiary/aromatic N) is 4. The highest BCUT2D eigenvalue weighted by Crippen LogP contribution is 2.24. The molecule has 0 N–H and O–H groups in total. The zero-order valence-electron chi connectivity index (χ0n) is 19.4. The van der Waals surface area contributed by atoms with Crippen LogP contribution in [-0.4, -0.2) is 53.1 Å². The molecule has 6 nitrogen and oxygen atoms in total. The van der Waals surface area contributed by atoms with E-state index in [1.54, 1.807) is 6.33 Å². The van der Waals surface area contributed by atoms with E-state index < -0.39 is 0 Å². The molecule has 1 amide bonds. The van der Waals surface area contributed by atoms with Gasteiger partial charge in [-0.25, -0.2) is 9.97 Å². The Morgan fingerprint density at radius 3 is 2.30 bits per heavy atom. The molecule has 3 aromatic rings. The molecule has 33 heavy (non-hydrogen) atoms. The monoisotopic (exact) mass is 442 g/mol. The van der Waals surface area contributed by atoms with Crippen molar-refractivity contribution in [3.05, 3.63) is 83.8 Å². The normalized spacial score (nSPS) is 14.5. The minimum Gasteiger partial charge on any atom is -0.491 e. The molecule has 1 fully saturated rings. The Hall–Kier alpha value is -3.67. The Kier molecular flexibility index (Phi) is 7.03. The van der Waals surface area contributed by atoms with Gasteiger partial charge in [-0.3, -0.25) is 4.79 Å². The van der Waals surface area contributed by atoms with Crippen molar-refractivity contribution >= 4 is 23.4 Å². The molecule has 6 heteroatoms. The smallest absolute Gasteiger partial charge is 0.254 e. The lowest BCUT2D eigenvalue weighted by Gasteiger charge is -2.36. The number of anilines is 1. The number of benzene rings is 2. The van der Waals surface area contributed by atoms with Gasteiger partial charge in [0.1, 0.15) is 17.9 Å². The van der Waals surface area contributed by atoms with E-state index in [0.717, 1.165) is 41.5 Å². The topological polar surface area (TPSA) is 58.6 Å².